The minimum Gasteiger partial charge on any atom is -0.271 e. The van der Waals surface area contributed by atoms with Gasteiger partial charge in [-0.3, -0.25) is 9.79 Å². The predicted molar refractivity (Wildman–Crippen MR) is 82.9 cm³/mol. The monoisotopic (exact) mass is 287 g/mol. The molecule has 0 aliphatic carbocycles. The lowest BCUT2D eigenvalue weighted by atomic mass is 9.99. The Balaban J connectivity index is 2.00. The molecule has 2 heterocycles. The van der Waals surface area contributed by atoms with Gasteiger partial charge >= 0.3 is 0 Å². The summed E-state index contributed by atoms with van der Waals surface area (Å²) in [7, 11) is 0. The first-order chi connectivity index (χ1) is 9.46. The summed E-state index contributed by atoms with van der Waals surface area (Å²) in [6, 6.07) is 9.81. The van der Waals surface area contributed by atoms with Crippen molar-refractivity contribution in [3.05, 3.63) is 35.9 Å². The number of carbonyl (C=O) groups excluding carboxylic acids is 1. The molecule has 20 heavy (non-hydrogen) atoms. The number of amidine groups is 1. The van der Waals surface area contributed by atoms with Gasteiger partial charge in [-0.15, -0.1) is 0 Å². The molecule has 1 atom stereocenters. The van der Waals surface area contributed by atoms with E-state index in [9.17, 15) is 4.79 Å². The van der Waals surface area contributed by atoms with Crippen molar-refractivity contribution in [1.82, 2.24) is 5.01 Å². The molecule has 0 aromatic heterocycles. The SMILES string of the molecule is CC1=NN2C(=O)C(c3ccccc3)SC2=NC(C)(C)C1. The van der Waals surface area contributed by atoms with Crippen LogP contribution in [0.5, 0.6) is 0 Å². The highest BCUT2D eigenvalue weighted by molar-refractivity contribution is 8.15. The Morgan fingerprint density at radius 1 is 1.30 bits per heavy atom. The molecule has 1 unspecified atom stereocenters. The Morgan fingerprint density at radius 3 is 2.70 bits per heavy atom. The summed E-state index contributed by atoms with van der Waals surface area (Å²) in [4.78, 5) is 17.3. The molecule has 104 valence electrons. The van der Waals surface area contributed by atoms with Crippen molar-refractivity contribution in [1.29, 1.82) is 0 Å². The number of hydrogen-bond donors (Lipinski definition) is 0. The Bertz CT molecular complexity index is 607. The zero-order chi connectivity index (χ0) is 14.3. The predicted octanol–water partition coefficient (Wildman–Crippen LogP) is 3.22. The number of aliphatic imine (C=N–C) groups is 1. The summed E-state index contributed by atoms with van der Waals surface area (Å²) < 4.78 is 0. The minimum absolute atomic E-state index is 0.00278. The van der Waals surface area contributed by atoms with Crippen molar-refractivity contribution >= 4 is 28.5 Å². The quantitative estimate of drug-likeness (QED) is 0.796. The van der Waals surface area contributed by atoms with E-state index in [2.05, 4.69) is 18.9 Å². The number of carbonyl (C=O) groups is 1. The largest absolute Gasteiger partial charge is 0.271 e. The molecule has 1 aromatic rings. The van der Waals surface area contributed by atoms with Crippen molar-refractivity contribution in [2.24, 2.45) is 10.1 Å². The lowest BCUT2D eigenvalue weighted by Gasteiger charge is -2.17. The number of fused-ring (bicyclic) bond motifs is 1. The molecule has 0 radical (unpaired) electrons. The standard InChI is InChI=1S/C15H17N3OS/c1-10-9-15(2,3)16-14-18(17-10)13(19)12(20-14)11-7-5-4-6-8-11/h4-8,12H,9H2,1-3H3. The lowest BCUT2D eigenvalue weighted by Crippen LogP contribution is -2.25. The van der Waals surface area contributed by atoms with Crippen molar-refractivity contribution in [3.8, 4) is 0 Å². The number of thioether (sulfide) groups is 1. The van der Waals surface area contributed by atoms with E-state index < -0.39 is 0 Å². The summed E-state index contributed by atoms with van der Waals surface area (Å²) in [5, 5.41) is 6.40. The van der Waals surface area contributed by atoms with Crippen molar-refractivity contribution in [3.63, 3.8) is 0 Å². The summed E-state index contributed by atoms with van der Waals surface area (Å²) in [5.74, 6) is -0.00278. The van der Waals surface area contributed by atoms with Gasteiger partial charge in [0.2, 0.25) is 0 Å². The van der Waals surface area contributed by atoms with E-state index in [-0.39, 0.29) is 16.7 Å². The summed E-state index contributed by atoms with van der Waals surface area (Å²) in [6.45, 7) is 6.10. The van der Waals surface area contributed by atoms with Gasteiger partial charge in [-0.05, 0) is 26.3 Å². The second kappa shape index (κ2) is 4.74. The topological polar surface area (TPSA) is 45.0 Å². The van der Waals surface area contributed by atoms with Crippen LogP contribution in [0.25, 0.3) is 0 Å². The fraction of sp³-hybridized carbons (Fsp3) is 0.400. The number of benzene rings is 1. The average molecular weight is 287 g/mol. The summed E-state index contributed by atoms with van der Waals surface area (Å²) in [5.41, 5.74) is 1.73. The Kier molecular flexibility index (Phi) is 3.17. The fourth-order valence-corrected chi connectivity index (χ4v) is 3.78. The van der Waals surface area contributed by atoms with Gasteiger partial charge in [-0.2, -0.15) is 10.1 Å². The second-order valence-electron chi connectivity index (χ2n) is 5.78. The molecule has 1 fully saturated rings. The second-order valence-corrected chi connectivity index (χ2v) is 6.85. The van der Waals surface area contributed by atoms with Crippen LogP contribution in [0, 0.1) is 0 Å². The Hall–Kier alpha value is -1.62. The smallest absolute Gasteiger partial charge is 0.267 e. The van der Waals surface area contributed by atoms with Crippen molar-refractivity contribution in [2.75, 3.05) is 0 Å². The molecule has 0 spiro atoms. The van der Waals surface area contributed by atoms with E-state index in [1.54, 1.807) is 0 Å². The van der Waals surface area contributed by atoms with Crippen LogP contribution in [0.4, 0.5) is 0 Å². The molecule has 1 amide bonds. The number of rotatable bonds is 1. The highest BCUT2D eigenvalue weighted by Crippen LogP contribution is 2.41. The van der Waals surface area contributed by atoms with Gasteiger partial charge in [-0.1, -0.05) is 42.1 Å². The van der Waals surface area contributed by atoms with Gasteiger partial charge in [0, 0.05) is 12.1 Å². The van der Waals surface area contributed by atoms with E-state index in [0.29, 0.717) is 5.17 Å². The minimum atomic E-state index is -0.236. The van der Waals surface area contributed by atoms with Crippen LogP contribution in [0.1, 0.15) is 38.0 Å². The maximum atomic E-state index is 12.6. The third-order valence-electron chi connectivity index (χ3n) is 3.30. The van der Waals surface area contributed by atoms with Gasteiger partial charge in [0.15, 0.2) is 5.17 Å². The fourth-order valence-electron chi connectivity index (χ4n) is 2.55. The van der Waals surface area contributed by atoms with Crippen LogP contribution in [-0.2, 0) is 4.79 Å². The summed E-state index contributed by atoms with van der Waals surface area (Å²) >= 11 is 1.49. The molecule has 2 aliphatic rings. The molecule has 0 bridgehead atoms. The van der Waals surface area contributed by atoms with Crippen molar-refractivity contribution in [2.45, 2.75) is 38.0 Å². The van der Waals surface area contributed by atoms with E-state index in [4.69, 9.17) is 4.99 Å². The van der Waals surface area contributed by atoms with E-state index in [0.717, 1.165) is 17.7 Å². The highest BCUT2D eigenvalue weighted by Gasteiger charge is 2.41. The van der Waals surface area contributed by atoms with Crippen molar-refractivity contribution < 1.29 is 4.79 Å². The molecular weight excluding hydrogens is 270 g/mol. The van der Waals surface area contributed by atoms with Gasteiger partial charge in [-0.25, -0.2) is 0 Å². The first-order valence-electron chi connectivity index (χ1n) is 6.66. The van der Waals surface area contributed by atoms with E-state index in [1.165, 1.54) is 16.8 Å². The molecule has 1 aromatic carbocycles. The Labute approximate surface area is 123 Å². The maximum Gasteiger partial charge on any atom is 0.267 e. The van der Waals surface area contributed by atoms with Gasteiger partial charge in [0.05, 0.1) is 5.54 Å². The maximum absolute atomic E-state index is 12.6. The van der Waals surface area contributed by atoms with E-state index >= 15 is 0 Å². The zero-order valence-electron chi connectivity index (χ0n) is 11.8. The molecule has 2 aliphatic heterocycles. The summed E-state index contributed by atoms with van der Waals surface area (Å²) in [6.07, 6.45) is 0.775. The molecular formula is C15H17N3OS. The van der Waals surface area contributed by atoms with Crippen LogP contribution >= 0.6 is 11.8 Å². The van der Waals surface area contributed by atoms with Crippen LogP contribution in [0.15, 0.2) is 40.4 Å². The third-order valence-corrected chi connectivity index (χ3v) is 4.48. The van der Waals surface area contributed by atoms with Gasteiger partial charge in [0.25, 0.3) is 5.91 Å². The highest BCUT2D eigenvalue weighted by atomic mass is 32.2. The normalized spacial score (nSPS) is 24.9. The number of amides is 1. The van der Waals surface area contributed by atoms with Crippen LogP contribution in [0.2, 0.25) is 0 Å². The van der Waals surface area contributed by atoms with Crippen LogP contribution in [0.3, 0.4) is 0 Å². The molecule has 1 saturated heterocycles. The number of nitrogens with zero attached hydrogens (tertiary/aromatic N) is 3. The molecule has 0 saturated carbocycles. The molecule has 4 nitrogen and oxygen atoms in total. The van der Waals surface area contributed by atoms with Gasteiger partial charge < -0.3 is 0 Å². The van der Waals surface area contributed by atoms with Crippen LogP contribution in [-0.4, -0.2) is 27.3 Å². The molecule has 5 heteroatoms. The third kappa shape index (κ3) is 2.38. The molecule has 3 rings (SSSR count). The lowest BCUT2D eigenvalue weighted by molar-refractivity contribution is -0.126. The average Bonchev–Trinajstić information content (AvgIpc) is 2.61. The number of hydrogen-bond acceptors (Lipinski definition) is 4. The Morgan fingerprint density at radius 2 is 2.00 bits per heavy atom. The first-order valence-corrected chi connectivity index (χ1v) is 7.54. The first kappa shape index (κ1) is 13.4. The van der Waals surface area contributed by atoms with Gasteiger partial charge in [0.1, 0.15) is 5.25 Å². The van der Waals surface area contributed by atoms with E-state index in [1.807, 2.05) is 37.3 Å². The number of hydrazone groups is 1. The van der Waals surface area contributed by atoms with Crippen LogP contribution < -0.4 is 0 Å². The zero-order valence-corrected chi connectivity index (χ0v) is 12.6. The molecule has 0 N–H and O–H groups in total.